The molecule has 31 heavy (non-hydrogen) atoms. The molecule has 9 nitrogen and oxygen atoms in total. The van der Waals surface area contributed by atoms with E-state index in [4.69, 9.17) is 19.7 Å². The Bertz CT molecular complexity index is 1020. The molecule has 1 heterocycles. The third-order valence-electron chi connectivity index (χ3n) is 4.38. The number of hydrogen-bond acceptors (Lipinski definition) is 7. The monoisotopic (exact) mass is 424 g/mol. The molecule has 3 N–H and O–H groups in total. The van der Waals surface area contributed by atoms with Crippen molar-refractivity contribution in [1.29, 1.82) is 0 Å². The number of methoxy groups -OCH3 is 1. The van der Waals surface area contributed by atoms with E-state index in [1.54, 1.807) is 31.4 Å². The summed E-state index contributed by atoms with van der Waals surface area (Å²) in [5, 5.41) is 6.80. The van der Waals surface area contributed by atoms with Gasteiger partial charge in [0.1, 0.15) is 11.5 Å². The number of aromatic nitrogens is 2. The zero-order valence-electron chi connectivity index (χ0n) is 17.2. The SMILES string of the molecule is COc1ccc(-c2noc(CCCC(=O)Nc3ccccc3OCCC(N)=O)n2)cc1. The number of primary amides is 1. The van der Waals surface area contributed by atoms with Crippen molar-refractivity contribution in [2.24, 2.45) is 5.73 Å². The average molecular weight is 424 g/mol. The molecule has 0 saturated heterocycles. The summed E-state index contributed by atoms with van der Waals surface area (Å²) in [4.78, 5) is 27.5. The molecule has 0 aliphatic heterocycles. The predicted octanol–water partition coefficient (Wildman–Crippen LogP) is 2.96. The second-order valence-corrected chi connectivity index (χ2v) is 6.70. The molecule has 0 aliphatic carbocycles. The average Bonchev–Trinajstić information content (AvgIpc) is 3.24. The van der Waals surface area contributed by atoms with Gasteiger partial charge in [0.05, 0.1) is 25.8 Å². The second-order valence-electron chi connectivity index (χ2n) is 6.70. The van der Waals surface area contributed by atoms with Gasteiger partial charge in [0.2, 0.25) is 23.5 Å². The second kappa shape index (κ2) is 10.8. The third kappa shape index (κ3) is 6.56. The van der Waals surface area contributed by atoms with Crippen LogP contribution in [0, 0.1) is 0 Å². The Balaban J connectivity index is 1.47. The lowest BCUT2D eigenvalue weighted by molar-refractivity contribution is -0.118. The fourth-order valence-corrected chi connectivity index (χ4v) is 2.78. The number of rotatable bonds is 11. The summed E-state index contributed by atoms with van der Waals surface area (Å²) in [6, 6.07) is 14.4. The zero-order chi connectivity index (χ0) is 22.1. The Morgan fingerprint density at radius 2 is 1.87 bits per heavy atom. The van der Waals surface area contributed by atoms with Crippen molar-refractivity contribution in [2.45, 2.75) is 25.7 Å². The van der Waals surface area contributed by atoms with Gasteiger partial charge in [-0.1, -0.05) is 17.3 Å². The van der Waals surface area contributed by atoms with Crippen molar-refractivity contribution in [3.63, 3.8) is 0 Å². The van der Waals surface area contributed by atoms with Gasteiger partial charge in [-0.25, -0.2) is 0 Å². The number of benzene rings is 2. The number of nitrogens with zero attached hydrogens (tertiary/aromatic N) is 2. The van der Waals surface area contributed by atoms with Crippen LogP contribution in [0.25, 0.3) is 11.4 Å². The number of nitrogens with two attached hydrogens (primary N) is 1. The molecule has 2 amide bonds. The van der Waals surface area contributed by atoms with Crippen LogP contribution in [0.4, 0.5) is 5.69 Å². The molecule has 0 aliphatic rings. The molecule has 0 fully saturated rings. The molecule has 3 rings (SSSR count). The van der Waals surface area contributed by atoms with Gasteiger partial charge in [0.25, 0.3) is 0 Å². The summed E-state index contributed by atoms with van der Waals surface area (Å²) < 4.78 is 15.9. The molecule has 1 aromatic heterocycles. The van der Waals surface area contributed by atoms with E-state index in [2.05, 4.69) is 15.5 Å². The van der Waals surface area contributed by atoms with Crippen molar-refractivity contribution in [1.82, 2.24) is 10.1 Å². The normalized spacial score (nSPS) is 10.5. The summed E-state index contributed by atoms with van der Waals surface area (Å²) in [5.74, 6) is 1.58. The fourth-order valence-electron chi connectivity index (χ4n) is 2.78. The van der Waals surface area contributed by atoms with E-state index in [9.17, 15) is 9.59 Å². The van der Waals surface area contributed by atoms with Crippen LogP contribution in [0.5, 0.6) is 11.5 Å². The Hall–Kier alpha value is -3.88. The minimum atomic E-state index is -0.447. The summed E-state index contributed by atoms with van der Waals surface area (Å²) in [6.45, 7) is 0.149. The predicted molar refractivity (Wildman–Crippen MR) is 114 cm³/mol. The molecule has 0 atom stereocenters. The number of aryl methyl sites for hydroxylation is 1. The summed E-state index contributed by atoms with van der Waals surface area (Å²) in [5.41, 5.74) is 6.47. The van der Waals surface area contributed by atoms with Gasteiger partial charge >= 0.3 is 0 Å². The van der Waals surface area contributed by atoms with Gasteiger partial charge < -0.3 is 25.0 Å². The number of ether oxygens (including phenoxy) is 2. The van der Waals surface area contributed by atoms with E-state index in [0.717, 1.165) is 11.3 Å². The van der Waals surface area contributed by atoms with E-state index in [0.29, 0.717) is 36.0 Å². The summed E-state index contributed by atoms with van der Waals surface area (Å²) in [7, 11) is 1.60. The fraction of sp³-hybridized carbons (Fsp3) is 0.273. The molecule has 0 spiro atoms. The van der Waals surface area contributed by atoms with Crippen LogP contribution in [0.1, 0.15) is 25.2 Å². The van der Waals surface area contributed by atoms with Gasteiger partial charge in [-0.2, -0.15) is 4.98 Å². The number of anilines is 1. The van der Waals surface area contributed by atoms with Crippen molar-refractivity contribution in [2.75, 3.05) is 19.0 Å². The molecule has 0 saturated carbocycles. The minimum absolute atomic E-state index is 0.102. The Morgan fingerprint density at radius 1 is 1.10 bits per heavy atom. The number of hydrogen-bond donors (Lipinski definition) is 2. The molecular weight excluding hydrogens is 400 g/mol. The van der Waals surface area contributed by atoms with Crippen LogP contribution in [0.3, 0.4) is 0 Å². The Kier molecular flexibility index (Phi) is 7.58. The van der Waals surface area contributed by atoms with Gasteiger partial charge in [-0.05, 0) is 42.8 Å². The van der Waals surface area contributed by atoms with Crippen LogP contribution >= 0.6 is 0 Å². The van der Waals surface area contributed by atoms with Crippen LogP contribution in [-0.2, 0) is 16.0 Å². The van der Waals surface area contributed by atoms with Gasteiger partial charge in [-0.3, -0.25) is 9.59 Å². The Labute approximate surface area is 179 Å². The first kappa shape index (κ1) is 21.8. The van der Waals surface area contributed by atoms with Crippen molar-refractivity contribution < 1.29 is 23.6 Å². The molecule has 9 heteroatoms. The van der Waals surface area contributed by atoms with E-state index in [-0.39, 0.29) is 25.4 Å². The van der Waals surface area contributed by atoms with E-state index < -0.39 is 5.91 Å². The Morgan fingerprint density at radius 3 is 2.61 bits per heavy atom. The van der Waals surface area contributed by atoms with E-state index in [1.165, 1.54) is 0 Å². The molecule has 2 aromatic carbocycles. The maximum Gasteiger partial charge on any atom is 0.226 e. The highest BCUT2D eigenvalue weighted by molar-refractivity contribution is 5.92. The largest absolute Gasteiger partial charge is 0.497 e. The number of nitrogens with one attached hydrogen (secondary N) is 1. The first-order valence-corrected chi connectivity index (χ1v) is 9.82. The molecule has 3 aromatic rings. The lowest BCUT2D eigenvalue weighted by Crippen LogP contribution is -2.16. The highest BCUT2D eigenvalue weighted by Crippen LogP contribution is 2.24. The number of amides is 2. The number of carbonyl (C=O) groups is 2. The van der Waals surface area contributed by atoms with Crippen LogP contribution in [-0.4, -0.2) is 35.7 Å². The van der Waals surface area contributed by atoms with Gasteiger partial charge in [-0.15, -0.1) is 0 Å². The highest BCUT2D eigenvalue weighted by Gasteiger charge is 2.11. The van der Waals surface area contributed by atoms with Crippen molar-refractivity contribution in [3.8, 4) is 22.9 Å². The summed E-state index contributed by atoms with van der Waals surface area (Å²) >= 11 is 0. The first-order chi connectivity index (χ1) is 15.0. The van der Waals surface area contributed by atoms with Gasteiger partial charge in [0, 0.05) is 18.4 Å². The molecule has 162 valence electrons. The van der Waals surface area contributed by atoms with Crippen LogP contribution in [0.2, 0.25) is 0 Å². The standard InChI is InChI=1S/C22H24N4O5/c1-29-16-11-9-15(10-12-16)22-25-21(31-26-22)8-4-7-20(28)24-17-5-2-3-6-18(17)30-14-13-19(23)27/h2-3,5-6,9-12H,4,7-8,13-14H2,1H3,(H2,23,27)(H,24,28). The molecule has 0 radical (unpaired) electrons. The minimum Gasteiger partial charge on any atom is -0.497 e. The van der Waals surface area contributed by atoms with E-state index in [1.807, 2.05) is 24.3 Å². The quantitative estimate of drug-likeness (QED) is 0.484. The van der Waals surface area contributed by atoms with E-state index >= 15 is 0 Å². The number of para-hydroxylation sites is 2. The third-order valence-corrected chi connectivity index (χ3v) is 4.38. The molecule has 0 bridgehead atoms. The smallest absolute Gasteiger partial charge is 0.226 e. The summed E-state index contributed by atoms with van der Waals surface area (Å²) in [6.07, 6.45) is 1.40. The first-order valence-electron chi connectivity index (χ1n) is 9.82. The van der Waals surface area contributed by atoms with Crippen molar-refractivity contribution >= 4 is 17.5 Å². The lowest BCUT2D eigenvalue weighted by Gasteiger charge is -2.11. The van der Waals surface area contributed by atoms with Crippen LogP contribution < -0.4 is 20.5 Å². The van der Waals surface area contributed by atoms with Crippen molar-refractivity contribution in [3.05, 3.63) is 54.4 Å². The lowest BCUT2D eigenvalue weighted by atomic mass is 10.2. The molecule has 0 unspecified atom stereocenters. The molecular formula is C22H24N4O5. The number of carbonyl (C=O) groups excluding carboxylic acids is 2. The maximum absolute atomic E-state index is 12.3. The van der Waals surface area contributed by atoms with Crippen LogP contribution in [0.15, 0.2) is 53.1 Å². The highest BCUT2D eigenvalue weighted by atomic mass is 16.5. The topological polar surface area (TPSA) is 130 Å². The van der Waals surface area contributed by atoms with Gasteiger partial charge in [0.15, 0.2) is 0 Å². The zero-order valence-corrected chi connectivity index (χ0v) is 17.2. The maximum atomic E-state index is 12.3.